The second-order valence-corrected chi connectivity index (χ2v) is 8.18. The molecule has 0 aliphatic heterocycles. The monoisotopic (exact) mass is 471 g/mol. The normalized spacial score (nSPS) is 12.0. The van der Waals surface area contributed by atoms with Gasteiger partial charge in [0, 0.05) is 22.4 Å². The van der Waals surface area contributed by atoms with Crippen LogP contribution in [0.3, 0.4) is 0 Å². The molecule has 2 aromatic heterocycles. The highest BCUT2D eigenvalue weighted by Crippen LogP contribution is 2.29. The molecule has 0 amide bonds. The molecule has 2 heterocycles. The van der Waals surface area contributed by atoms with Crippen molar-refractivity contribution in [2.45, 2.75) is 0 Å². The number of hydrogen-bond donors (Lipinski definition) is 1. The van der Waals surface area contributed by atoms with Gasteiger partial charge in [0.2, 0.25) is 4.80 Å². The van der Waals surface area contributed by atoms with Gasteiger partial charge in [0.15, 0.2) is 5.76 Å². The third-order valence-corrected chi connectivity index (χ3v) is 6.00. The number of benzene rings is 3. The summed E-state index contributed by atoms with van der Waals surface area (Å²) in [6.07, 6.45) is 1.57. The lowest BCUT2D eigenvalue weighted by Gasteiger charge is -2.04. The first-order valence-electron chi connectivity index (χ1n) is 10.4. The Morgan fingerprint density at radius 1 is 0.941 bits per heavy atom. The first-order chi connectivity index (χ1) is 16.6. The summed E-state index contributed by atoms with van der Waals surface area (Å²) in [5, 5.41) is 17.9. The Kier molecular flexibility index (Phi) is 5.88. The van der Waals surface area contributed by atoms with Crippen molar-refractivity contribution >= 4 is 34.2 Å². The second-order valence-electron chi connectivity index (χ2n) is 7.35. The lowest BCUT2D eigenvalue weighted by Crippen LogP contribution is -2.11. The number of phenols is 1. The van der Waals surface area contributed by atoms with Gasteiger partial charge in [0.1, 0.15) is 28.5 Å². The lowest BCUT2D eigenvalue weighted by molar-refractivity contribution is 0.412. The molecule has 0 fully saturated rings. The molecule has 170 valence electrons. The van der Waals surface area contributed by atoms with Crippen molar-refractivity contribution in [3.05, 3.63) is 88.5 Å². The summed E-state index contributed by atoms with van der Waals surface area (Å²) in [5.41, 5.74) is 2.77. The van der Waals surface area contributed by atoms with E-state index in [1.807, 2.05) is 60.0 Å². The van der Waals surface area contributed by atoms with E-state index in [1.54, 1.807) is 43.3 Å². The summed E-state index contributed by atoms with van der Waals surface area (Å²) in [6.45, 7) is 0. The number of para-hydroxylation sites is 1. The van der Waals surface area contributed by atoms with E-state index >= 15 is 0 Å². The Balaban J connectivity index is 1.66. The predicted molar refractivity (Wildman–Crippen MR) is 133 cm³/mol. The van der Waals surface area contributed by atoms with E-state index in [2.05, 4.69) is 5.10 Å². The average molecular weight is 472 g/mol. The van der Waals surface area contributed by atoms with Crippen LogP contribution < -0.4 is 14.3 Å². The van der Waals surface area contributed by atoms with Gasteiger partial charge in [-0.15, -0.1) is 11.3 Å². The largest absolute Gasteiger partial charge is 0.507 e. The number of aromatic nitrogens is 1. The zero-order valence-electron chi connectivity index (χ0n) is 18.5. The van der Waals surface area contributed by atoms with E-state index < -0.39 is 0 Å². The smallest absolute Gasteiger partial charge is 0.211 e. The van der Waals surface area contributed by atoms with Crippen LogP contribution in [0.4, 0.5) is 5.69 Å². The molecule has 0 saturated carbocycles. The van der Waals surface area contributed by atoms with Crippen LogP contribution in [-0.4, -0.2) is 30.2 Å². The van der Waals surface area contributed by atoms with Crippen molar-refractivity contribution in [2.75, 3.05) is 14.2 Å². The van der Waals surface area contributed by atoms with Crippen LogP contribution >= 0.6 is 11.3 Å². The SMILES string of the molecule is COc1cccc(N=c2scc(-c3cc4ccccc4o3)n2N=Cc2cc(OC)ccc2O)c1. The molecule has 1 N–H and O–H groups in total. The number of nitrogens with zero attached hydrogens (tertiary/aromatic N) is 3. The van der Waals surface area contributed by atoms with Gasteiger partial charge in [-0.2, -0.15) is 5.10 Å². The Morgan fingerprint density at radius 2 is 1.76 bits per heavy atom. The summed E-state index contributed by atoms with van der Waals surface area (Å²) in [5.74, 6) is 2.09. The summed E-state index contributed by atoms with van der Waals surface area (Å²) < 4.78 is 18.4. The number of phenolic OH excluding ortho intramolecular Hbond substituents is 1. The van der Waals surface area contributed by atoms with Crippen molar-refractivity contribution in [3.8, 4) is 28.7 Å². The first-order valence-corrected chi connectivity index (χ1v) is 11.3. The minimum atomic E-state index is 0.0944. The molecule has 5 aromatic rings. The van der Waals surface area contributed by atoms with Gasteiger partial charge in [0.05, 0.1) is 26.1 Å². The number of hydrogen-bond acceptors (Lipinski definition) is 7. The number of aromatic hydroxyl groups is 1. The fraction of sp³-hybridized carbons (Fsp3) is 0.0769. The van der Waals surface area contributed by atoms with Crippen LogP contribution in [0.15, 0.2) is 92.7 Å². The summed E-state index contributed by atoms with van der Waals surface area (Å²) in [6, 6.07) is 22.3. The van der Waals surface area contributed by atoms with E-state index in [0.29, 0.717) is 27.6 Å². The third-order valence-electron chi connectivity index (χ3n) is 5.19. The van der Waals surface area contributed by atoms with Crippen molar-refractivity contribution in [3.63, 3.8) is 0 Å². The van der Waals surface area contributed by atoms with Crippen LogP contribution in [0.1, 0.15) is 5.56 Å². The molecule has 8 heteroatoms. The number of rotatable bonds is 6. The molecule has 0 bridgehead atoms. The van der Waals surface area contributed by atoms with Gasteiger partial charge < -0.3 is 19.0 Å². The molecular formula is C26H21N3O4S. The van der Waals surface area contributed by atoms with Gasteiger partial charge in [-0.25, -0.2) is 9.67 Å². The molecule has 0 atom stereocenters. The topological polar surface area (TPSA) is 81.5 Å². The highest BCUT2D eigenvalue weighted by molar-refractivity contribution is 7.07. The van der Waals surface area contributed by atoms with Crippen LogP contribution in [0.5, 0.6) is 17.2 Å². The summed E-state index contributed by atoms with van der Waals surface area (Å²) >= 11 is 1.43. The number of thiazole rings is 1. The van der Waals surface area contributed by atoms with Crippen LogP contribution in [0.2, 0.25) is 0 Å². The van der Waals surface area contributed by atoms with Crippen molar-refractivity contribution < 1.29 is 19.0 Å². The molecule has 5 rings (SSSR count). The van der Waals surface area contributed by atoms with E-state index in [1.165, 1.54) is 11.3 Å². The standard InChI is InChI=1S/C26H21N3O4S/c1-31-20-8-5-7-19(14-20)28-26-29(27-15-18-12-21(32-2)10-11-23(18)30)22(16-34-26)25-13-17-6-3-4-9-24(17)33-25/h3-16,30H,1-2H3. The van der Waals surface area contributed by atoms with E-state index in [-0.39, 0.29) is 5.75 Å². The quantitative estimate of drug-likeness (QED) is 0.317. The van der Waals surface area contributed by atoms with Gasteiger partial charge in [-0.3, -0.25) is 0 Å². The molecule has 0 unspecified atom stereocenters. The fourth-order valence-electron chi connectivity index (χ4n) is 3.44. The number of fused-ring (bicyclic) bond motifs is 1. The van der Waals surface area contributed by atoms with Crippen LogP contribution in [0.25, 0.3) is 22.4 Å². The van der Waals surface area contributed by atoms with E-state index in [9.17, 15) is 5.11 Å². The maximum Gasteiger partial charge on any atom is 0.211 e. The molecule has 0 radical (unpaired) electrons. The number of ether oxygens (including phenoxy) is 2. The zero-order valence-corrected chi connectivity index (χ0v) is 19.3. The van der Waals surface area contributed by atoms with Crippen LogP contribution in [0, 0.1) is 0 Å². The van der Waals surface area contributed by atoms with Gasteiger partial charge in [0.25, 0.3) is 0 Å². The maximum absolute atomic E-state index is 10.3. The maximum atomic E-state index is 10.3. The summed E-state index contributed by atoms with van der Waals surface area (Å²) in [7, 11) is 3.20. The van der Waals surface area contributed by atoms with Gasteiger partial charge >= 0.3 is 0 Å². The van der Waals surface area contributed by atoms with Crippen molar-refractivity contribution in [1.29, 1.82) is 0 Å². The van der Waals surface area contributed by atoms with Crippen molar-refractivity contribution in [1.82, 2.24) is 4.68 Å². The fourth-order valence-corrected chi connectivity index (χ4v) is 4.28. The molecular weight excluding hydrogens is 450 g/mol. The van der Waals surface area contributed by atoms with Crippen LogP contribution in [-0.2, 0) is 0 Å². The highest BCUT2D eigenvalue weighted by Gasteiger charge is 2.13. The van der Waals surface area contributed by atoms with E-state index in [0.717, 1.165) is 22.4 Å². The highest BCUT2D eigenvalue weighted by atomic mass is 32.1. The minimum Gasteiger partial charge on any atom is -0.507 e. The Bertz CT molecular complexity index is 1530. The molecule has 7 nitrogen and oxygen atoms in total. The predicted octanol–water partition coefficient (Wildman–Crippen LogP) is 5.80. The third kappa shape index (κ3) is 4.31. The molecule has 0 spiro atoms. The van der Waals surface area contributed by atoms with Crippen molar-refractivity contribution in [2.24, 2.45) is 10.1 Å². The second kappa shape index (κ2) is 9.29. The van der Waals surface area contributed by atoms with Gasteiger partial charge in [-0.1, -0.05) is 24.3 Å². The number of methoxy groups -OCH3 is 2. The molecule has 3 aromatic carbocycles. The lowest BCUT2D eigenvalue weighted by atomic mass is 10.2. The summed E-state index contributed by atoms with van der Waals surface area (Å²) in [4.78, 5) is 5.40. The molecule has 0 aliphatic carbocycles. The Labute approximate surface area is 199 Å². The number of furan rings is 1. The first kappa shape index (κ1) is 21.5. The molecule has 0 aliphatic rings. The molecule has 34 heavy (non-hydrogen) atoms. The molecule has 0 saturated heterocycles. The zero-order chi connectivity index (χ0) is 23.5. The average Bonchev–Trinajstić information content (AvgIpc) is 3.47. The van der Waals surface area contributed by atoms with Gasteiger partial charge in [-0.05, 0) is 42.5 Å². The van der Waals surface area contributed by atoms with E-state index in [4.69, 9.17) is 18.9 Å². The Hall–Kier alpha value is -4.30. The minimum absolute atomic E-state index is 0.0944. The Morgan fingerprint density at radius 3 is 2.59 bits per heavy atom.